The summed E-state index contributed by atoms with van der Waals surface area (Å²) in [5.74, 6) is 0.845. The SMILES string of the molecule is Cc1ccc2c(c1)nc(-c1cc(O)ccc1O)n2C. The summed E-state index contributed by atoms with van der Waals surface area (Å²) in [6.07, 6.45) is 0. The van der Waals surface area contributed by atoms with Crippen LogP contribution >= 0.6 is 0 Å². The van der Waals surface area contributed by atoms with E-state index in [1.807, 2.05) is 36.7 Å². The van der Waals surface area contributed by atoms with Gasteiger partial charge in [0.2, 0.25) is 0 Å². The maximum atomic E-state index is 9.93. The number of aromatic hydroxyl groups is 2. The van der Waals surface area contributed by atoms with Crippen molar-refractivity contribution >= 4 is 11.0 Å². The van der Waals surface area contributed by atoms with Crippen molar-refractivity contribution in [3.63, 3.8) is 0 Å². The molecular weight excluding hydrogens is 240 g/mol. The van der Waals surface area contributed by atoms with Gasteiger partial charge >= 0.3 is 0 Å². The van der Waals surface area contributed by atoms with E-state index in [4.69, 9.17) is 0 Å². The predicted molar refractivity (Wildman–Crippen MR) is 74.2 cm³/mol. The maximum Gasteiger partial charge on any atom is 0.144 e. The number of benzene rings is 2. The highest BCUT2D eigenvalue weighted by Crippen LogP contribution is 2.33. The number of nitrogens with zero attached hydrogens (tertiary/aromatic N) is 2. The minimum atomic E-state index is 0.105. The molecule has 0 fully saturated rings. The van der Waals surface area contributed by atoms with Crippen LogP contribution in [0.1, 0.15) is 5.56 Å². The Kier molecular flexibility index (Phi) is 2.45. The van der Waals surface area contributed by atoms with Gasteiger partial charge in [-0.25, -0.2) is 4.98 Å². The Morgan fingerprint density at radius 1 is 1.05 bits per heavy atom. The first-order chi connectivity index (χ1) is 9.06. The molecular formula is C15H14N2O2. The van der Waals surface area contributed by atoms with Crippen molar-refractivity contribution in [1.82, 2.24) is 9.55 Å². The standard InChI is InChI=1S/C15H14N2O2/c1-9-3-5-13-12(7-9)16-15(17(13)2)11-8-10(18)4-6-14(11)19/h3-8,18-19H,1-2H3. The lowest BCUT2D eigenvalue weighted by molar-refractivity contribution is 0.461. The Bertz CT molecular complexity index is 775. The van der Waals surface area contributed by atoms with Crippen LogP contribution in [-0.4, -0.2) is 19.8 Å². The lowest BCUT2D eigenvalue weighted by Gasteiger charge is -2.05. The number of aromatic nitrogens is 2. The average Bonchev–Trinajstić information content (AvgIpc) is 2.69. The van der Waals surface area contributed by atoms with Gasteiger partial charge in [-0.05, 0) is 42.8 Å². The number of phenolic OH excluding ortho intramolecular Hbond substituents is 2. The highest BCUT2D eigenvalue weighted by atomic mass is 16.3. The Balaban J connectivity index is 2.30. The smallest absolute Gasteiger partial charge is 0.144 e. The van der Waals surface area contributed by atoms with Gasteiger partial charge in [0.15, 0.2) is 0 Å². The Morgan fingerprint density at radius 2 is 1.84 bits per heavy atom. The van der Waals surface area contributed by atoms with Crippen LogP contribution in [0.4, 0.5) is 0 Å². The molecule has 3 aromatic rings. The summed E-state index contributed by atoms with van der Waals surface area (Å²) in [4.78, 5) is 4.54. The third kappa shape index (κ3) is 1.81. The molecule has 0 aliphatic carbocycles. The van der Waals surface area contributed by atoms with Crippen molar-refractivity contribution < 1.29 is 10.2 Å². The summed E-state index contributed by atoms with van der Waals surface area (Å²) < 4.78 is 1.91. The van der Waals surface area contributed by atoms with Gasteiger partial charge in [-0.3, -0.25) is 0 Å². The number of rotatable bonds is 1. The first-order valence-corrected chi connectivity index (χ1v) is 6.01. The van der Waals surface area contributed by atoms with Gasteiger partial charge in [0.1, 0.15) is 17.3 Å². The first-order valence-electron chi connectivity index (χ1n) is 6.01. The molecule has 2 N–H and O–H groups in total. The molecule has 0 radical (unpaired) electrons. The molecule has 3 rings (SSSR count). The summed E-state index contributed by atoms with van der Waals surface area (Å²) >= 11 is 0. The van der Waals surface area contributed by atoms with Gasteiger partial charge in [0, 0.05) is 7.05 Å². The highest BCUT2D eigenvalue weighted by Gasteiger charge is 2.13. The van der Waals surface area contributed by atoms with Crippen molar-refractivity contribution in [2.75, 3.05) is 0 Å². The van der Waals surface area contributed by atoms with Gasteiger partial charge in [-0.1, -0.05) is 6.07 Å². The zero-order valence-corrected chi connectivity index (χ0v) is 10.8. The Labute approximate surface area is 110 Å². The molecule has 0 saturated heterocycles. The molecule has 0 aliphatic heterocycles. The van der Waals surface area contributed by atoms with Crippen LogP contribution in [0.5, 0.6) is 11.5 Å². The molecule has 2 aromatic carbocycles. The van der Waals surface area contributed by atoms with Crippen LogP contribution in [0.2, 0.25) is 0 Å². The van der Waals surface area contributed by atoms with Gasteiger partial charge in [0.05, 0.1) is 16.6 Å². The van der Waals surface area contributed by atoms with Crippen molar-refractivity contribution in [3.8, 4) is 22.9 Å². The van der Waals surface area contributed by atoms with E-state index >= 15 is 0 Å². The molecule has 0 aliphatic rings. The molecule has 0 atom stereocenters. The molecule has 4 nitrogen and oxygen atoms in total. The van der Waals surface area contributed by atoms with E-state index in [-0.39, 0.29) is 11.5 Å². The van der Waals surface area contributed by atoms with E-state index in [9.17, 15) is 10.2 Å². The molecule has 0 spiro atoms. The summed E-state index contributed by atoms with van der Waals surface area (Å²) in [6.45, 7) is 2.01. The Hall–Kier alpha value is -2.49. The second-order valence-corrected chi connectivity index (χ2v) is 4.69. The average molecular weight is 254 g/mol. The number of fused-ring (bicyclic) bond motifs is 1. The fourth-order valence-corrected chi connectivity index (χ4v) is 2.25. The largest absolute Gasteiger partial charge is 0.508 e. The van der Waals surface area contributed by atoms with Crippen molar-refractivity contribution in [2.24, 2.45) is 7.05 Å². The molecule has 1 aromatic heterocycles. The number of phenols is 2. The van der Waals surface area contributed by atoms with Crippen molar-refractivity contribution in [3.05, 3.63) is 42.0 Å². The molecule has 1 heterocycles. The summed E-state index contributed by atoms with van der Waals surface area (Å²) in [5, 5.41) is 19.5. The third-order valence-corrected chi connectivity index (χ3v) is 3.26. The number of hydrogen-bond acceptors (Lipinski definition) is 3. The van der Waals surface area contributed by atoms with E-state index in [1.165, 1.54) is 18.2 Å². The molecule has 96 valence electrons. The lowest BCUT2D eigenvalue weighted by Crippen LogP contribution is -1.92. The van der Waals surface area contributed by atoms with Crippen LogP contribution in [0, 0.1) is 6.92 Å². The third-order valence-electron chi connectivity index (χ3n) is 3.26. The topological polar surface area (TPSA) is 58.3 Å². The van der Waals surface area contributed by atoms with Crippen LogP contribution in [-0.2, 0) is 7.05 Å². The zero-order valence-electron chi connectivity index (χ0n) is 10.8. The fourth-order valence-electron chi connectivity index (χ4n) is 2.25. The molecule has 0 unspecified atom stereocenters. The van der Waals surface area contributed by atoms with E-state index in [0.29, 0.717) is 11.4 Å². The lowest BCUT2D eigenvalue weighted by atomic mass is 10.2. The summed E-state index contributed by atoms with van der Waals surface area (Å²) in [5.41, 5.74) is 3.53. The van der Waals surface area contributed by atoms with Gasteiger partial charge < -0.3 is 14.8 Å². The normalized spacial score (nSPS) is 11.1. The van der Waals surface area contributed by atoms with Crippen LogP contribution in [0.15, 0.2) is 36.4 Å². The maximum absolute atomic E-state index is 9.93. The molecule has 0 amide bonds. The van der Waals surface area contributed by atoms with Crippen molar-refractivity contribution in [2.45, 2.75) is 6.92 Å². The minimum absolute atomic E-state index is 0.105. The van der Waals surface area contributed by atoms with E-state index in [0.717, 1.165) is 16.6 Å². The van der Waals surface area contributed by atoms with Gasteiger partial charge in [-0.15, -0.1) is 0 Å². The molecule has 4 heteroatoms. The number of imidazole rings is 1. The molecule has 0 bridgehead atoms. The van der Waals surface area contributed by atoms with E-state index < -0.39 is 0 Å². The van der Waals surface area contributed by atoms with Crippen LogP contribution in [0.25, 0.3) is 22.4 Å². The molecule has 0 saturated carbocycles. The van der Waals surface area contributed by atoms with Gasteiger partial charge in [0.25, 0.3) is 0 Å². The highest BCUT2D eigenvalue weighted by molar-refractivity contribution is 5.82. The first kappa shape index (κ1) is 11.6. The van der Waals surface area contributed by atoms with E-state index in [2.05, 4.69) is 4.98 Å². The van der Waals surface area contributed by atoms with Gasteiger partial charge in [-0.2, -0.15) is 0 Å². The Morgan fingerprint density at radius 3 is 2.63 bits per heavy atom. The predicted octanol–water partition coefficient (Wildman–Crippen LogP) is 2.96. The molecule has 19 heavy (non-hydrogen) atoms. The monoisotopic (exact) mass is 254 g/mol. The van der Waals surface area contributed by atoms with Crippen molar-refractivity contribution in [1.29, 1.82) is 0 Å². The number of aryl methyl sites for hydroxylation is 2. The minimum Gasteiger partial charge on any atom is -0.508 e. The number of hydrogen-bond donors (Lipinski definition) is 2. The quantitative estimate of drug-likeness (QED) is 0.656. The van der Waals surface area contributed by atoms with Crippen LogP contribution < -0.4 is 0 Å². The van der Waals surface area contributed by atoms with E-state index in [1.54, 1.807) is 0 Å². The second kappa shape index (κ2) is 4.02. The second-order valence-electron chi connectivity index (χ2n) is 4.69. The zero-order chi connectivity index (χ0) is 13.6. The fraction of sp³-hybridized carbons (Fsp3) is 0.133. The summed E-state index contributed by atoms with van der Waals surface area (Å²) in [6, 6.07) is 10.5. The van der Waals surface area contributed by atoms with Crippen LogP contribution in [0.3, 0.4) is 0 Å². The summed E-state index contributed by atoms with van der Waals surface area (Å²) in [7, 11) is 1.89.